The van der Waals surface area contributed by atoms with E-state index in [4.69, 9.17) is 18.6 Å². The van der Waals surface area contributed by atoms with Gasteiger partial charge in [0.1, 0.15) is 23.6 Å². The summed E-state index contributed by atoms with van der Waals surface area (Å²) in [7, 11) is -2.30. The third-order valence-corrected chi connectivity index (χ3v) is 8.38. The molecule has 5 heterocycles. The molecule has 1 unspecified atom stereocenters. The Balaban J connectivity index is 1.17. The van der Waals surface area contributed by atoms with E-state index in [0.29, 0.717) is 60.5 Å². The molecule has 11 nitrogen and oxygen atoms in total. The number of nitrogens with zero attached hydrogens (tertiary/aromatic N) is 4. The molecule has 1 amide bonds. The van der Waals surface area contributed by atoms with Gasteiger partial charge in [-0.2, -0.15) is 4.31 Å². The van der Waals surface area contributed by atoms with Gasteiger partial charge < -0.3 is 23.5 Å². The quantitative estimate of drug-likeness (QED) is 0.471. The lowest BCUT2D eigenvalue weighted by atomic mass is 10.1. The number of pyridine rings is 1. The molecule has 3 aliphatic heterocycles. The van der Waals surface area contributed by atoms with Gasteiger partial charge in [0.2, 0.25) is 10.0 Å². The number of methoxy groups -OCH3 is 1. The Bertz CT molecular complexity index is 1500. The van der Waals surface area contributed by atoms with Crippen LogP contribution < -0.4 is 9.47 Å². The van der Waals surface area contributed by atoms with E-state index in [1.54, 1.807) is 24.0 Å². The molecule has 0 saturated carbocycles. The van der Waals surface area contributed by atoms with Crippen LogP contribution in [0.5, 0.6) is 11.6 Å². The van der Waals surface area contributed by atoms with Crippen LogP contribution in [-0.4, -0.2) is 80.0 Å². The maximum Gasteiger partial charge on any atom is 0.257 e. The highest BCUT2D eigenvalue weighted by atomic mass is 32.2. The maximum atomic E-state index is 13.4. The molecule has 12 heteroatoms. The number of carbonyl (C=O) groups is 1. The fourth-order valence-corrected chi connectivity index (χ4v) is 6.29. The van der Waals surface area contributed by atoms with Crippen molar-refractivity contribution in [3.05, 3.63) is 53.1 Å². The van der Waals surface area contributed by atoms with Gasteiger partial charge in [-0.05, 0) is 17.2 Å². The molecule has 0 radical (unpaired) electrons. The van der Waals surface area contributed by atoms with Crippen molar-refractivity contribution in [2.24, 2.45) is 0 Å². The van der Waals surface area contributed by atoms with Gasteiger partial charge in [-0.15, -0.1) is 0 Å². The molecule has 0 bridgehead atoms. The standard InChI is InChI=1S/C24H24N4O7S/c1-14-26-21-18(4-3-5-19(21)35-14)22(32-2)24(29)27-10-15-12-28(13-16(15)11-27)36(30,31)17-8-20-23(25-9-17)34-7-6-33-20/h3-5,8-9,22H,6-7,10-13H2,1-2H3. The van der Waals surface area contributed by atoms with Crippen LogP contribution in [0, 0.1) is 6.92 Å². The third kappa shape index (κ3) is 3.72. The molecule has 1 aromatic carbocycles. The predicted molar refractivity (Wildman–Crippen MR) is 126 cm³/mol. The molecule has 1 atom stereocenters. The number of para-hydroxylation sites is 1. The molecular formula is C24H24N4O7S. The number of hydrogen-bond acceptors (Lipinski definition) is 9. The van der Waals surface area contributed by atoms with E-state index in [-0.39, 0.29) is 23.9 Å². The molecule has 0 aliphatic carbocycles. The third-order valence-electron chi connectivity index (χ3n) is 6.62. The summed E-state index contributed by atoms with van der Waals surface area (Å²) < 4.78 is 50.0. The number of ether oxygens (including phenoxy) is 3. The molecular weight excluding hydrogens is 488 g/mol. The van der Waals surface area contributed by atoms with E-state index >= 15 is 0 Å². The zero-order valence-corrected chi connectivity index (χ0v) is 20.6. The lowest BCUT2D eigenvalue weighted by Gasteiger charge is -2.26. The zero-order chi connectivity index (χ0) is 25.0. The predicted octanol–water partition coefficient (Wildman–Crippen LogP) is 1.83. The van der Waals surface area contributed by atoms with Crippen LogP contribution in [0.25, 0.3) is 11.1 Å². The summed E-state index contributed by atoms with van der Waals surface area (Å²) in [6.07, 6.45) is 0.444. The van der Waals surface area contributed by atoms with E-state index in [2.05, 4.69) is 9.97 Å². The highest BCUT2D eigenvalue weighted by Gasteiger charge is 2.40. The van der Waals surface area contributed by atoms with Crippen LogP contribution in [0.15, 0.2) is 50.9 Å². The Labute approximate surface area is 207 Å². The SMILES string of the molecule is COC(C(=O)N1CC2=C(C1)CN(S(=O)(=O)c1cnc3c(c1)OCCO3)C2)c1cccc2oc(C)nc12. The second-order valence-corrected chi connectivity index (χ2v) is 10.8. The number of aromatic nitrogens is 2. The highest BCUT2D eigenvalue weighted by molar-refractivity contribution is 7.89. The Hall–Kier alpha value is -3.48. The Kier molecular flexibility index (Phi) is 5.47. The monoisotopic (exact) mass is 512 g/mol. The number of fused-ring (bicyclic) bond motifs is 2. The highest BCUT2D eigenvalue weighted by Crippen LogP contribution is 2.35. The average molecular weight is 513 g/mol. The smallest absolute Gasteiger partial charge is 0.257 e. The first-order chi connectivity index (χ1) is 17.3. The molecule has 0 saturated heterocycles. The van der Waals surface area contributed by atoms with Crippen molar-refractivity contribution in [2.45, 2.75) is 17.9 Å². The van der Waals surface area contributed by atoms with Gasteiger partial charge in [0.15, 0.2) is 23.3 Å². The minimum absolute atomic E-state index is 0.0521. The molecule has 6 rings (SSSR count). The summed E-state index contributed by atoms with van der Waals surface area (Å²) >= 11 is 0. The minimum Gasteiger partial charge on any atom is -0.484 e. The lowest BCUT2D eigenvalue weighted by Crippen LogP contribution is -2.39. The van der Waals surface area contributed by atoms with Gasteiger partial charge in [0.05, 0.1) is 6.20 Å². The largest absolute Gasteiger partial charge is 0.484 e. The number of amides is 1. The molecule has 188 valence electrons. The number of carbonyl (C=O) groups excluding carboxylic acids is 1. The minimum atomic E-state index is -3.79. The number of sulfonamides is 1. The van der Waals surface area contributed by atoms with Gasteiger partial charge in [0.25, 0.3) is 11.8 Å². The number of rotatable bonds is 5. The van der Waals surface area contributed by atoms with Crippen molar-refractivity contribution in [1.82, 2.24) is 19.2 Å². The molecule has 3 aromatic rings. The molecule has 3 aliphatic rings. The van der Waals surface area contributed by atoms with Crippen LogP contribution in [0.1, 0.15) is 17.6 Å². The molecule has 0 spiro atoms. The van der Waals surface area contributed by atoms with Gasteiger partial charge in [0, 0.05) is 51.8 Å². The van der Waals surface area contributed by atoms with E-state index < -0.39 is 16.1 Å². The van der Waals surface area contributed by atoms with Crippen molar-refractivity contribution in [3.63, 3.8) is 0 Å². The van der Waals surface area contributed by atoms with Crippen LogP contribution in [-0.2, 0) is 19.6 Å². The summed E-state index contributed by atoms with van der Waals surface area (Å²) in [5, 5.41) is 0. The second kappa shape index (κ2) is 8.57. The van der Waals surface area contributed by atoms with Crippen molar-refractivity contribution >= 4 is 27.0 Å². The van der Waals surface area contributed by atoms with Gasteiger partial charge in [-0.3, -0.25) is 4.79 Å². The molecule has 36 heavy (non-hydrogen) atoms. The van der Waals surface area contributed by atoms with Crippen molar-refractivity contribution < 1.29 is 31.8 Å². The van der Waals surface area contributed by atoms with E-state index in [1.165, 1.54) is 23.7 Å². The topological polar surface area (TPSA) is 124 Å². The van der Waals surface area contributed by atoms with Crippen molar-refractivity contribution in [1.29, 1.82) is 0 Å². The fourth-order valence-electron chi connectivity index (χ4n) is 4.90. The van der Waals surface area contributed by atoms with Crippen LogP contribution >= 0.6 is 0 Å². The zero-order valence-electron chi connectivity index (χ0n) is 19.8. The summed E-state index contributed by atoms with van der Waals surface area (Å²) in [5.74, 6) is 0.920. The van der Waals surface area contributed by atoms with Gasteiger partial charge in [-0.1, -0.05) is 12.1 Å². The Morgan fingerprint density at radius 2 is 1.86 bits per heavy atom. The van der Waals surface area contributed by atoms with Crippen LogP contribution in [0.4, 0.5) is 0 Å². The van der Waals surface area contributed by atoms with Crippen molar-refractivity contribution in [3.8, 4) is 11.6 Å². The maximum absolute atomic E-state index is 13.4. The molecule has 0 N–H and O–H groups in total. The lowest BCUT2D eigenvalue weighted by molar-refractivity contribution is -0.141. The van der Waals surface area contributed by atoms with Gasteiger partial charge >= 0.3 is 0 Å². The first-order valence-electron chi connectivity index (χ1n) is 11.5. The normalized spacial score (nSPS) is 18.7. The second-order valence-electron chi connectivity index (χ2n) is 8.89. The number of benzene rings is 1. The summed E-state index contributed by atoms with van der Waals surface area (Å²) in [6.45, 7) is 3.58. The van der Waals surface area contributed by atoms with Gasteiger partial charge in [-0.25, -0.2) is 18.4 Å². The first kappa shape index (κ1) is 23.0. The fraction of sp³-hybridized carbons (Fsp3) is 0.375. The van der Waals surface area contributed by atoms with E-state index in [1.807, 2.05) is 6.07 Å². The van der Waals surface area contributed by atoms with Crippen molar-refractivity contribution in [2.75, 3.05) is 46.5 Å². The van der Waals surface area contributed by atoms with Crippen LogP contribution in [0.2, 0.25) is 0 Å². The summed E-state index contributed by atoms with van der Waals surface area (Å²) in [5.41, 5.74) is 3.67. The summed E-state index contributed by atoms with van der Waals surface area (Å²) in [6, 6.07) is 6.86. The summed E-state index contributed by atoms with van der Waals surface area (Å²) in [4.78, 5) is 23.7. The first-order valence-corrected chi connectivity index (χ1v) is 12.9. The average Bonchev–Trinajstić information content (AvgIpc) is 3.57. The van der Waals surface area contributed by atoms with E-state index in [0.717, 1.165) is 11.1 Å². The van der Waals surface area contributed by atoms with Crippen LogP contribution in [0.3, 0.4) is 0 Å². The van der Waals surface area contributed by atoms with E-state index in [9.17, 15) is 13.2 Å². The number of oxazole rings is 1. The molecule has 0 fully saturated rings. The Morgan fingerprint density at radius 3 is 2.61 bits per heavy atom. The molecule has 2 aromatic heterocycles. The number of hydrogen-bond donors (Lipinski definition) is 0. The number of aryl methyl sites for hydroxylation is 1. The Morgan fingerprint density at radius 1 is 1.11 bits per heavy atom.